The van der Waals surface area contributed by atoms with E-state index < -0.39 is 0 Å². The molecular weight excluding hydrogens is 308 g/mol. The Hall–Kier alpha value is -2.51. The molecule has 0 unspecified atom stereocenters. The van der Waals surface area contributed by atoms with Gasteiger partial charge in [-0.05, 0) is 24.1 Å². The van der Waals surface area contributed by atoms with Crippen LogP contribution in [-0.2, 0) is 16.1 Å². The average Bonchev–Trinajstić information content (AvgIpc) is 3.01. The third kappa shape index (κ3) is 3.87. The van der Waals surface area contributed by atoms with Gasteiger partial charge in [-0.15, -0.1) is 0 Å². The maximum Gasteiger partial charge on any atom is 0.237 e. The molecule has 2 atom stereocenters. The molecule has 24 heavy (non-hydrogen) atoms. The van der Waals surface area contributed by atoms with E-state index in [2.05, 4.69) is 14.9 Å². The number of likely N-dealkylation sites (tertiary alicyclic amines) is 1. The number of benzene rings is 1. The minimum atomic E-state index is -0.308. The molecule has 1 aliphatic heterocycles. The fourth-order valence-corrected chi connectivity index (χ4v) is 2.86. The monoisotopic (exact) mass is 328 g/mol. The maximum absolute atomic E-state index is 11.6. The molecule has 1 saturated heterocycles. The molecule has 7 heteroatoms. The van der Waals surface area contributed by atoms with Gasteiger partial charge >= 0.3 is 0 Å². The van der Waals surface area contributed by atoms with Crippen LogP contribution < -0.4 is 10.5 Å². The number of methoxy groups -OCH3 is 1. The zero-order chi connectivity index (χ0) is 16.9. The second-order valence-electron chi connectivity index (χ2n) is 5.73. The van der Waals surface area contributed by atoms with E-state index in [1.807, 2.05) is 24.3 Å². The number of nitrogens with two attached hydrogens (primary N) is 1. The van der Waals surface area contributed by atoms with Gasteiger partial charge in [0.2, 0.25) is 11.8 Å². The van der Waals surface area contributed by atoms with Crippen molar-refractivity contribution in [2.75, 3.05) is 13.7 Å². The predicted octanol–water partition coefficient (Wildman–Crippen LogP) is 1.34. The van der Waals surface area contributed by atoms with Crippen molar-refractivity contribution in [1.29, 1.82) is 0 Å². The SMILES string of the molecule is CO[C@H]1C[C@@H](C(N)=O)N(Cc2ccc(Oc3cnccn3)cc2)C1. The molecule has 0 spiro atoms. The van der Waals surface area contributed by atoms with Gasteiger partial charge in [-0.3, -0.25) is 14.7 Å². The molecule has 126 valence electrons. The van der Waals surface area contributed by atoms with E-state index in [1.165, 1.54) is 0 Å². The van der Waals surface area contributed by atoms with Crippen molar-refractivity contribution >= 4 is 5.91 Å². The predicted molar refractivity (Wildman–Crippen MR) is 87.4 cm³/mol. The highest BCUT2D eigenvalue weighted by atomic mass is 16.5. The second-order valence-corrected chi connectivity index (χ2v) is 5.73. The van der Waals surface area contributed by atoms with Crippen LogP contribution in [-0.4, -0.2) is 46.6 Å². The normalized spacial score (nSPS) is 20.9. The number of primary amides is 1. The van der Waals surface area contributed by atoms with Gasteiger partial charge in [-0.1, -0.05) is 12.1 Å². The number of rotatable bonds is 6. The molecule has 2 aromatic rings. The van der Waals surface area contributed by atoms with E-state index in [-0.39, 0.29) is 18.1 Å². The van der Waals surface area contributed by atoms with Gasteiger partial charge in [0.15, 0.2) is 0 Å². The number of ether oxygens (including phenoxy) is 2. The van der Waals surface area contributed by atoms with Crippen LogP contribution in [0.25, 0.3) is 0 Å². The molecule has 0 radical (unpaired) electrons. The largest absolute Gasteiger partial charge is 0.438 e. The Balaban J connectivity index is 1.64. The number of hydrogen-bond acceptors (Lipinski definition) is 6. The number of amides is 1. The van der Waals surface area contributed by atoms with Gasteiger partial charge < -0.3 is 15.2 Å². The molecule has 2 N–H and O–H groups in total. The van der Waals surface area contributed by atoms with E-state index in [0.29, 0.717) is 31.1 Å². The molecule has 1 aliphatic rings. The molecule has 1 fully saturated rings. The summed E-state index contributed by atoms with van der Waals surface area (Å²) in [5.41, 5.74) is 6.57. The number of carbonyl (C=O) groups is 1. The molecule has 1 amide bonds. The lowest BCUT2D eigenvalue weighted by Gasteiger charge is -2.21. The number of nitrogens with zero attached hydrogens (tertiary/aromatic N) is 3. The Bertz CT molecular complexity index is 678. The van der Waals surface area contributed by atoms with Gasteiger partial charge in [0, 0.05) is 32.6 Å². The van der Waals surface area contributed by atoms with Crippen LogP contribution in [0.1, 0.15) is 12.0 Å². The minimum Gasteiger partial charge on any atom is -0.438 e. The average molecular weight is 328 g/mol. The van der Waals surface area contributed by atoms with Crippen LogP contribution in [0.15, 0.2) is 42.9 Å². The Kier molecular flexibility index (Phi) is 5.02. The Morgan fingerprint density at radius 2 is 2.12 bits per heavy atom. The molecule has 0 bridgehead atoms. The lowest BCUT2D eigenvalue weighted by atomic mass is 10.1. The summed E-state index contributed by atoms with van der Waals surface area (Å²) in [6.45, 7) is 1.33. The van der Waals surface area contributed by atoms with E-state index in [9.17, 15) is 4.79 Å². The van der Waals surface area contributed by atoms with Crippen LogP contribution >= 0.6 is 0 Å². The minimum absolute atomic E-state index is 0.0433. The van der Waals surface area contributed by atoms with Crippen molar-refractivity contribution in [3.05, 3.63) is 48.4 Å². The Morgan fingerprint density at radius 3 is 2.75 bits per heavy atom. The van der Waals surface area contributed by atoms with Crippen LogP contribution in [0.5, 0.6) is 11.6 Å². The summed E-state index contributed by atoms with van der Waals surface area (Å²) in [5.74, 6) is 0.820. The van der Waals surface area contributed by atoms with Crippen LogP contribution in [0.4, 0.5) is 0 Å². The number of aromatic nitrogens is 2. The van der Waals surface area contributed by atoms with Crippen LogP contribution in [0, 0.1) is 0 Å². The van der Waals surface area contributed by atoms with Crippen molar-refractivity contribution in [1.82, 2.24) is 14.9 Å². The molecule has 1 aromatic carbocycles. The molecule has 2 heterocycles. The smallest absolute Gasteiger partial charge is 0.237 e. The van der Waals surface area contributed by atoms with Crippen molar-refractivity contribution in [3.63, 3.8) is 0 Å². The molecular formula is C17H20N4O3. The fourth-order valence-electron chi connectivity index (χ4n) is 2.86. The first-order valence-corrected chi connectivity index (χ1v) is 7.74. The summed E-state index contributed by atoms with van der Waals surface area (Å²) in [4.78, 5) is 21.7. The van der Waals surface area contributed by atoms with Gasteiger partial charge in [0.25, 0.3) is 0 Å². The third-order valence-electron chi connectivity index (χ3n) is 4.10. The lowest BCUT2D eigenvalue weighted by molar-refractivity contribution is -0.122. The quantitative estimate of drug-likeness (QED) is 0.860. The van der Waals surface area contributed by atoms with Gasteiger partial charge in [-0.25, -0.2) is 4.98 Å². The van der Waals surface area contributed by atoms with Crippen LogP contribution in [0.2, 0.25) is 0 Å². The maximum atomic E-state index is 11.6. The summed E-state index contributed by atoms with van der Waals surface area (Å²) in [5, 5.41) is 0. The number of hydrogen-bond donors (Lipinski definition) is 1. The summed E-state index contributed by atoms with van der Waals surface area (Å²) >= 11 is 0. The second kappa shape index (κ2) is 7.37. The first-order valence-electron chi connectivity index (χ1n) is 7.74. The third-order valence-corrected chi connectivity index (χ3v) is 4.10. The first-order chi connectivity index (χ1) is 11.7. The van der Waals surface area contributed by atoms with Crippen molar-refractivity contribution in [2.24, 2.45) is 5.73 Å². The van der Waals surface area contributed by atoms with E-state index >= 15 is 0 Å². The molecule has 7 nitrogen and oxygen atoms in total. The summed E-state index contributed by atoms with van der Waals surface area (Å²) in [7, 11) is 1.66. The summed E-state index contributed by atoms with van der Waals surface area (Å²) in [6, 6.07) is 7.37. The standard InChI is InChI=1S/C17H20N4O3/c1-23-14-8-15(17(18)22)21(11-14)10-12-2-4-13(5-3-12)24-16-9-19-6-7-20-16/h2-7,9,14-15H,8,10-11H2,1H3,(H2,18,22)/t14-,15-/m0/s1. The zero-order valence-corrected chi connectivity index (χ0v) is 13.5. The van der Waals surface area contributed by atoms with E-state index in [4.69, 9.17) is 15.2 Å². The highest BCUT2D eigenvalue weighted by Crippen LogP contribution is 2.24. The van der Waals surface area contributed by atoms with Crippen LogP contribution in [0.3, 0.4) is 0 Å². The highest BCUT2D eigenvalue weighted by Gasteiger charge is 2.35. The van der Waals surface area contributed by atoms with Crippen molar-refractivity contribution < 1.29 is 14.3 Å². The highest BCUT2D eigenvalue weighted by molar-refractivity contribution is 5.80. The number of carbonyl (C=O) groups excluding carboxylic acids is 1. The Morgan fingerprint density at radius 1 is 1.33 bits per heavy atom. The summed E-state index contributed by atoms with van der Waals surface area (Å²) in [6.07, 6.45) is 5.41. The van der Waals surface area contributed by atoms with E-state index in [1.54, 1.807) is 25.7 Å². The van der Waals surface area contributed by atoms with Gasteiger partial charge in [-0.2, -0.15) is 0 Å². The lowest BCUT2D eigenvalue weighted by Crippen LogP contribution is -2.39. The van der Waals surface area contributed by atoms with Gasteiger partial charge in [0.1, 0.15) is 5.75 Å². The van der Waals surface area contributed by atoms with Crippen molar-refractivity contribution in [3.8, 4) is 11.6 Å². The van der Waals surface area contributed by atoms with Crippen molar-refractivity contribution in [2.45, 2.75) is 25.1 Å². The van der Waals surface area contributed by atoms with E-state index in [0.717, 1.165) is 5.56 Å². The molecule has 0 saturated carbocycles. The topological polar surface area (TPSA) is 90.6 Å². The fraction of sp³-hybridized carbons (Fsp3) is 0.353. The molecule has 1 aromatic heterocycles. The first kappa shape index (κ1) is 16.4. The van der Waals surface area contributed by atoms with Gasteiger partial charge in [0.05, 0.1) is 18.3 Å². The zero-order valence-electron chi connectivity index (χ0n) is 13.5. The Labute approximate surface area is 140 Å². The molecule has 3 rings (SSSR count). The molecule has 0 aliphatic carbocycles. The summed E-state index contributed by atoms with van der Waals surface area (Å²) < 4.78 is 11.0.